The molecular weight excluding hydrogens is 291 g/mol. The molecule has 0 aliphatic carbocycles. The number of sulfonamides is 1. The van der Waals surface area contributed by atoms with Gasteiger partial charge in [-0.3, -0.25) is 4.55 Å². The summed E-state index contributed by atoms with van der Waals surface area (Å²) < 4.78 is 54.5. The molecule has 0 unspecified atom stereocenters. The predicted molar refractivity (Wildman–Crippen MR) is 68.2 cm³/mol. The first kappa shape index (κ1) is 17.8. The van der Waals surface area contributed by atoms with Crippen LogP contribution in [0.25, 0.3) is 0 Å². The van der Waals surface area contributed by atoms with E-state index in [0.29, 0.717) is 5.69 Å². The van der Waals surface area contributed by atoms with Gasteiger partial charge in [-0.05, 0) is 24.3 Å². The quantitative estimate of drug-likeness (QED) is 0.366. The summed E-state index contributed by atoms with van der Waals surface area (Å²) in [7, 11) is -7.96. The molecule has 0 aliphatic heterocycles. The third-order valence-corrected chi connectivity index (χ3v) is 4.04. The minimum Gasteiger partial charge on any atom is -0.399 e. The van der Waals surface area contributed by atoms with Crippen molar-refractivity contribution in [3.63, 3.8) is 0 Å². The van der Waals surface area contributed by atoms with Gasteiger partial charge in [0.05, 0.1) is 10.6 Å². The molecule has 0 amide bonds. The van der Waals surface area contributed by atoms with Gasteiger partial charge in [-0.25, -0.2) is 13.1 Å². The molecule has 0 aliphatic rings. The zero-order chi connectivity index (χ0) is 13.1. The molecule has 1 radical (unpaired) electrons. The van der Waals surface area contributed by atoms with Crippen LogP contribution in [0, 0.1) is 0 Å². The number of nitrogens with two attached hydrogens (primary N) is 1. The van der Waals surface area contributed by atoms with E-state index < -0.39 is 32.4 Å². The first-order valence-corrected chi connectivity index (χ1v) is 7.60. The second-order valence-corrected chi connectivity index (χ2v) is 6.59. The molecule has 97 valence electrons. The monoisotopic (exact) mass is 303 g/mol. The Morgan fingerprint density at radius 3 is 2.06 bits per heavy atom. The molecule has 0 fully saturated rings. The summed E-state index contributed by atoms with van der Waals surface area (Å²) in [5, 5.41) is 0. The van der Waals surface area contributed by atoms with Crippen molar-refractivity contribution in [3.05, 3.63) is 24.3 Å². The Morgan fingerprint density at radius 2 is 1.61 bits per heavy atom. The summed E-state index contributed by atoms with van der Waals surface area (Å²) in [6.45, 7) is -0.397. The van der Waals surface area contributed by atoms with E-state index in [1.54, 1.807) is 0 Å². The predicted octanol–water partition coefficient (Wildman–Crippen LogP) is -0.946. The summed E-state index contributed by atoms with van der Waals surface area (Å²) in [5.74, 6) is -0.679. The number of rotatable bonds is 5. The minimum absolute atomic E-state index is 0. The molecular formula is C8H12N2NaO5S2. The Hall–Kier alpha value is -0.160. The van der Waals surface area contributed by atoms with Gasteiger partial charge in [0, 0.05) is 41.8 Å². The maximum Gasteiger partial charge on any atom is 0.266 e. The molecule has 10 heteroatoms. The van der Waals surface area contributed by atoms with E-state index in [1.165, 1.54) is 24.3 Å². The largest absolute Gasteiger partial charge is 0.399 e. The van der Waals surface area contributed by atoms with Crippen LogP contribution in [0.15, 0.2) is 29.2 Å². The molecule has 0 spiro atoms. The van der Waals surface area contributed by atoms with Crippen molar-refractivity contribution in [2.75, 3.05) is 18.0 Å². The van der Waals surface area contributed by atoms with Crippen LogP contribution in [0.3, 0.4) is 0 Å². The van der Waals surface area contributed by atoms with Crippen molar-refractivity contribution in [2.45, 2.75) is 4.90 Å². The van der Waals surface area contributed by atoms with Crippen molar-refractivity contribution >= 4 is 55.4 Å². The van der Waals surface area contributed by atoms with Crippen LogP contribution in [0.5, 0.6) is 0 Å². The molecule has 1 rings (SSSR count). The average Bonchev–Trinajstić information content (AvgIpc) is 2.15. The molecule has 0 aromatic heterocycles. The minimum atomic E-state index is -4.18. The fourth-order valence-corrected chi connectivity index (χ4v) is 2.56. The molecule has 0 atom stereocenters. The molecule has 1 aromatic rings. The van der Waals surface area contributed by atoms with Gasteiger partial charge in [-0.1, -0.05) is 0 Å². The zero-order valence-electron chi connectivity index (χ0n) is 9.70. The summed E-state index contributed by atoms with van der Waals surface area (Å²) in [4.78, 5) is -0.0259. The van der Waals surface area contributed by atoms with Crippen molar-refractivity contribution in [1.82, 2.24) is 4.72 Å². The van der Waals surface area contributed by atoms with Gasteiger partial charge in [0.25, 0.3) is 10.1 Å². The average molecular weight is 303 g/mol. The Balaban J connectivity index is 0.00000289. The first-order valence-electron chi connectivity index (χ1n) is 4.51. The standard InChI is InChI=1S/C8H12N2O5S2.Na/c9-7-1-3-8(4-2-7)17(14,15)10-5-6-16(11,12)13;/h1-4,10H,5-6,9H2,(H,11,12,13);. The van der Waals surface area contributed by atoms with Crippen LogP contribution in [0.2, 0.25) is 0 Å². The van der Waals surface area contributed by atoms with Gasteiger partial charge in [-0.15, -0.1) is 0 Å². The van der Waals surface area contributed by atoms with Gasteiger partial charge in [0.15, 0.2) is 0 Å². The molecule has 0 saturated heterocycles. The number of nitrogens with one attached hydrogen (secondary N) is 1. The second kappa shape index (κ2) is 6.85. The number of hydrogen-bond acceptors (Lipinski definition) is 5. The van der Waals surface area contributed by atoms with Crippen molar-refractivity contribution in [3.8, 4) is 0 Å². The van der Waals surface area contributed by atoms with Crippen LogP contribution in [0.4, 0.5) is 5.69 Å². The molecule has 18 heavy (non-hydrogen) atoms. The smallest absolute Gasteiger partial charge is 0.266 e. The van der Waals surface area contributed by atoms with Gasteiger partial charge in [0.2, 0.25) is 10.0 Å². The molecule has 7 nitrogen and oxygen atoms in total. The summed E-state index contributed by atoms with van der Waals surface area (Å²) in [5.41, 5.74) is 5.82. The molecule has 1 aromatic carbocycles. The maximum atomic E-state index is 11.6. The van der Waals surface area contributed by atoms with Crippen molar-refractivity contribution in [1.29, 1.82) is 0 Å². The Morgan fingerprint density at radius 1 is 1.11 bits per heavy atom. The van der Waals surface area contributed by atoms with E-state index in [0.717, 1.165) is 0 Å². The van der Waals surface area contributed by atoms with Crippen LogP contribution in [-0.2, 0) is 20.1 Å². The summed E-state index contributed by atoms with van der Waals surface area (Å²) >= 11 is 0. The van der Waals surface area contributed by atoms with Gasteiger partial charge >= 0.3 is 0 Å². The van der Waals surface area contributed by atoms with Crippen molar-refractivity contribution < 1.29 is 21.4 Å². The van der Waals surface area contributed by atoms with E-state index in [2.05, 4.69) is 0 Å². The van der Waals surface area contributed by atoms with E-state index in [4.69, 9.17) is 10.3 Å². The van der Waals surface area contributed by atoms with Crippen LogP contribution in [0.1, 0.15) is 0 Å². The molecule has 4 N–H and O–H groups in total. The van der Waals surface area contributed by atoms with E-state index in [9.17, 15) is 16.8 Å². The Kier molecular flexibility index (Phi) is 6.79. The summed E-state index contributed by atoms with van der Waals surface area (Å²) in [6, 6.07) is 5.42. The molecule has 0 bridgehead atoms. The normalized spacial score (nSPS) is 11.8. The molecule has 0 saturated carbocycles. The van der Waals surface area contributed by atoms with Crippen LogP contribution < -0.4 is 10.5 Å². The maximum absolute atomic E-state index is 11.6. The van der Waals surface area contributed by atoms with Crippen LogP contribution >= 0.6 is 0 Å². The number of hydrogen-bond donors (Lipinski definition) is 3. The number of anilines is 1. The topological polar surface area (TPSA) is 127 Å². The fraction of sp³-hybridized carbons (Fsp3) is 0.250. The Bertz CT molecular complexity index is 582. The van der Waals surface area contributed by atoms with Gasteiger partial charge in [-0.2, -0.15) is 8.42 Å². The van der Waals surface area contributed by atoms with Gasteiger partial charge in [0.1, 0.15) is 0 Å². The van der Waals surface area contributed by atoms with E-state index in [1.807, 2.05) is 4.72 Å². The van der Waals surface area contributed by atoms with Crippen molar-refractivity contribution in [2.24, 2.45) is 0 Å². The third-order valence-electron chi connectivity index (χ3n) is 1.84. The first-order chi connectivity index (χ1) is 7.71. The third kappa shape index (κ3) is 6.14. The second-order valence-electron chi connectivity index (χ2n) is 3.25. The van der Waals surface area contributed by atoms with E-state index >= 15 is 0 Å². The molecule has 0 heterocycles. The van der Waals surface area contributed by atoms with E-state index in [-0.39, 0.29) is 34.5 Å². The van der Waals surface area contributed by atoms with Crippen LogP contribution in [-0.4, -0.2) is 63.2 Å². The van der Waals surface area contributed by atoms with Gasteiger partial charge < -0.3 is 5.73 Å². The zero-order valence-corrected chi connectivity index (χ0v) is 13.3. The fourth-order valence-electron chi connectivity index (χ4n) is 1.04. The Labute approximate surface area is 128 Å². The number of benzene rings is 1. The summed E-state index contributed by atoms with van der Waals surface area (Å²) in [6.07, 6.45) is 0. The number of nitrogen functional groups attached to an aromatic ring is 1. The SMILES string of the molecule is Nc1ccc(S(=O)(=O)NCCS(=O)(=O)O)cc1.[Na].